The molecule has 0 unspecified atom stereocenters. The van der Waals surface area contributed by atoms with Crippen LogP contribution in [0.5, 0.6) is 0 Å². The molecule has 0 amide bonds. The normalized spacial score (nSPS) is 24.4. The fourth-order valence-corrected chi connectivity index (χ4v) is 2.68. The Kier molecular flexibility index (Phi) is 6.23. The first-order chi connectivity index (χ1) is 8.17. The number of rotatable bonds is 6. The molecular formula is C14H24O3. The molecule has 3 heteroatoms. The lowest BCUT2D eigenvalue weighted by Crippen LogP contribution is -2.24. The Morgan fingerprint density at radius 3 is 2.29 bits per heavy atom. The Morgan fingerprint density at radius 1 is 1.12 bits per heavy atom. The van der Waals surface area contributed by atoms with E-state index in [9.17, 15) is 9.59 Å². The van der Waals surface area contributed by atoms with Crippen LogP contribution >= 0.6 is 0 Å². The second kappa shape index (κ2) is 7.46. The number of hydrogen-bond acceptors (Lipinski definition) is 3. The van der Waals surface area contributed by atoms with Crippen LogP contribution in [0, 0.1) is 11.8 Å². The van der Waals surface area contributed by atoms with E-state index < -0.39 is 0 Å². The third-order valence-electron chi connectivity index (χ3n) is 3.62. The molecule has 0 saturated heterocycles. The highest BCUT2D eigenvalue weighted by molar-refractivity contribution is 5.96. The lowest BCUT2D eigenvalue weighted by atomic mass is 9.78. The molecule has 17 heavy (non-hydrogen) atoms. The second-order valence-electron chi connectivity index (χ2n) is 4.95. The van der Waals surface area contributed by atoms with Crippen LogP contribution < -0.4 is 0 Å². The molecule has 0 atom stereocenters. The highest BCUT2D eigenvalue weighted by Crippen LogP contribution is 2.32. The SMILES string of the molecule is CCC[C@H]1CC[C@H](C(=O)CC(=O)OCC)CC1. The lowest BCUT2D eigenvalue weighted by molar-refractivity contribution is -0.146. The van der Waals surface area contributed by atoms with Crippen molar-refractivity contribution in [1.82, 2.24) is 0 Å². The molecule has 1 saturated carbocycles. The molecule has 3 nitrogen and oxygen atoms in total. The van der Waals surface area contributed by atoms with Gasteiger partial charge in [-0.15, -0.1) is 0 Å². The average Bonchev–Trinajstić information content (AvgIpc) is 2.30. The molecule has 0 aromatic carbocycles. The molecule has 0 N–H and O–H groups in total. The largest absolute Gasteiger partial charge is 0.466 e. The van der Waals surface area contributed by atoms with Gasteiger partial charge in [0.05, 0.1) is 6.61 Å². The molecule has 1 aliphatic rings. The van der Waals surface area contributed by atoms with Crippen LogP contribution in [-0.2, 0) is 14.3 Å². The summed E-state index contributed by atoms with van der Waals surface area (Å²) in [4.78, 5) is 23.1. The summed E-state index contributed by atoms with van der Waals surface area (Å²) in [6.45, 7) is 4.33. The maximum Gasteiger partial charge on any atom is 0.313 e. The molecule has 1 aliphatic carbocycles. The minimum absolute atomic E-state index is 0.0308. The van der Waals surface area contributed by atoms with E-state index in [1.165, 1.54) is 12.8 Å². The predicted octanol–water partition coefficient (Wildman–Crippen LogP) is 3.12. The number of hydrogen-bond donors (Lipinski definition) is 0. The van der Waals surface area contributed by atoms with E-state index in [2.05, 4.69) is 6.92 Å². The van der Waals surface area contributed by atoms with Gasteiger partial charge >= 0.3 is 5.97 Å². The van der Waals surface area contributed by atoms with Gasteiger partial charge in [-0.1, -0.05) is 19.8 Å². The van der Waals surface area contributed by atoms with Gasteiger partial charge in [0.2, 0.25) is 0 Å². The first kappa shape index (κ1) is 14.2. The molecule has 0 aromatic heterocycles. The molecule has 1 fully saturated rings. The van der Waals surface area contributed by atoms with E-state index in [-0.39, 0.29) is 24.1 Å². The first-order valence-corrected chi connectivity index (χ1v) is 6.85. The Hall–Kier alpha value is -0.860. The Bertz CT molecular complexity index is 252. The van der Waals surface area contributed by atoms with Crippen LogP contribution in [-0.4, -0.2) is 18.4 Å². The second-order valence-corrected chi connectivity index (χ2v) is 4.95. The third-order valence-corrected chi connectivity index (χ3v) is 3.62. The van der Waals surface area contributed by atoms with Crippen molar-refractivity contribution in [2.75, 3.05) is 6.61 Å². The highest BCUT2D eigenvalue weighted by Gasteiger charge is 2.27. The topological polar surface area (TPSA) is 43.4 Å². The van der Waals surface area contributed by atoms with E-state index >= 15 is 0 Å². The summed E-state index contributed by atoms with van der Waals surface area (Å²) in [5.74, 6) is 0.616. The van der Waals surface area contributed by atoms with Crippen molar-refractivity contribution in [3.63, 3.8) is 0 Å². The standard InChI is InChI=1S/C14H24O3/c1-3-5-11-6-8-12(9-7-11)13(15)10-14(16)17-4-2/h11-12H,3-10H2,1-2H3/t11-,12-. The van der Waals surface area contributed by atoms with Crippen LogP contribution in [0.3, 0.4) is 0 Å². The van der Waals surface area contributed by atoms with E-state index in [0.29, 0.717) is 6.61 Å². The van der Waals surface area contributed by atoms with Crippen molar-refractivity contribution in [3.8, 4) is 0 Å². The van der Waals surface area contributed by atoms with Crippen molar-refractivity contribution in [1.29, 1.82) is 0 Å². The smallest absolute Gasteiger partial charge is 0.313 e. The van der Waals surface area contributed by atoms with Crippen molar-refractivity contribution >= 4 is 11.8 Å². The molecule has 98 valence electrons. The molecule has 0 heterocycles. The Labute approximate surface area is 104 Å². The number of carbonyl (C=O) groups excluding carboxylic acids is 2. The lowest BCUT2D eigenvalue weighted by Gasteiger charge is -2.27. The Balaban J connectivity index is 2.28. The zero-order valence-corrected chi connectivity index (χ0v) is 11.0. The van der Waals surface area contributed by atoms with E-state index in [4.69, 9.17) is 4.74 Å². The summed E-state index contributed by atoms with van der Waals surface area (Å²) in [5, 5.41) is 0. The molecular weight excluding hydrogens is 216 g/mol. The van der Waals surface area contributed by atoms with Crippen LogP contribution in [0.25, 0.3) is 0 Å². The van der Waals surface area contributed by atoms with Gasteiger partial charge in [0.15, 0.2) is 0 Å². The summed E-state index contributed by atoms with van der Waals surface area (Å²) in [7, 11) is 0. The maximum absolute atomic E-state index is 11.8. The number of Topliss-reactive ketones (excluding diaryl/α,β-unsaturated/α-hetero) is 1. The van der Waals surface area contributed by atoms with Gasteiger partial charge < -0.3 is 4.74 Å². The van der Waals surface area contributed by atoms with Crippen molar-refractivity contribution in [3.05, 3.63) is 0 Å². The summed E-state index contributed by atoms with van der Waals surface area (Å²) < 4.78 is 4.80. The molecule has 0 bridgehead atoms. The minimum atomic E-state index is -0.367. The number of ether oxygens (including phenoxy) is 1. The molecule has 0 aliphatic heterocycles. The van der Waals surface area contributed by atoms with Gasteiger partial charge in [-0.3, -0.25) is 9.59 Å². The van der Waals surface area contributed by atoms with Crippen LogP contribution in [0.2, 0.25) is 0 Å². The van der Waals surface area contributed by atoms with E-state index in [1.807, 2.05) is 0 Å². The molecule has 0 aromatic rings. The van der Waals surface area contributed by atoms with Crippen LogP contribution in [0.15, 0.2) is 0 Å². The molecule has 0 spiro atoms. The fourth-order valence-electron chi connectivity index (χ4n) is 2.68. The summed E-state index contributed by atoms with van der Waals surface area (Å²) in [5.41, 5.74) is 0. The fraction of sp³-hybridized carbons (Fsp3) is 0.857. The maximum atomic E-state index is 11.8. The van der Waals surface area contributed by atoms with Gasteiger partial charge in [0.25, 0.3) is 0 Å². The van der Waals surface area contributed by atoms with Crippen molar-refractivity contribution < 1.29 is 14.3 Å². The Morgan fingerprint density at radius 2 is 1.76 bits per heavy atom. The summed E-state index contributed by atoms with van der Waals surface area (Å²) in [6.07, 6.45) is 6.69. The quantitative estimate of drug-likeness (QED) is 0.529. The zero-order valence-electron chi connectivity index (χ0n) is 11.0. The van der Waals surface area contributed by atoms with Crippen LogP contribution in [0.4, 0.5) is 0 Å². The van der Waals surface area contributed by atoms with Gasteiger partial charge in [0.1, 0.15) is 12.2 Å². The van der Waals surface area contributed by atoms with Gasteiger partial charge in [-0.05, 0) is 38.5 Å². The highest BCUT2D eigenvalue weighted by atomic mass is 16.5. The third kappa shape index (κ3) is 4.88. The zero-order chi connectivity index (χ0) is 12.7. The van der Waals surface area contributed by atoms with Crippen LogP contribution in [0.1, 0.15) is 58.8 Å². The number of esters is 1. The van der Waals surface area contributed by atoms with Gasteiger partial charge in [-0.2, -0.15) is 0 Å². The van der Waals surface area contributed by atoms with E-state index in [0.717, 1.165) is 31.6 Å². The number of carbonyl (C=O) groups is 2. The average molecular weight is 240 g/mol. The minimum Gasteiger partial charge on any atom is -0.466 e. The van der Waals surface area contributed by atoms with Gasteiger partial charge in [0, 0.05) is 5.92 Å². The van der Waals surface area contributed by atoms with E-state index in [1.54, 1.807) is 6.92 Å². The predicted molar refractivity (Wildman–Crippen MR) is 66.6 cm³/mol. The first-order valence-electron chi connectivity index (χ1n) is 6.85. The molecule has 1 rings (SSSR count). The monoisotopic (exact) mass is 240 g/mol. The van der Waals surface area contributed by atoms with Crippen molar-refractivity contribution in [2.45, 2.75) is 58.8 Å². The summed E-state index contributed by atoms with van der Waals surface area (Å²) >= 11 is 0. The molecule has 0 radical (unpaired) electrons. The number of ketones is 1. The van der Waals surface area contributed by atoms with Gasteiger partial charge in [-0.25, -0.2) is 0 Å². The summed E-state index contributed by atoms with van der Waals surface area (Å²) in [6, 6.07) is 0. The van der Waals surface area contributed by atoms with Crippen molar-refractivity contribution in [2.24, 2.45) is 11.8 Å².